The zero-order valence-corrected chi connectivity index (χ0v) is 12.0. The van der Waals surface area contributed by atoms with E-state index in [2.05, 4.69) is 41.2 Å². The molecule has 2 aliphatic carbocycles. The Bertz CT molecular complexity index is 375. The van der Waals surface area contributed by atoms with Crippen LogP contribution in [0.1, 0.15) is 60.3 Å². The minimum atomic E-state index is -0.268. The monoisotopic (exact) mass is 234 g/mol. The van der Waals surface area contributed by atoms with Gasteiger partial charge < -0.3 is 0 Å². The summed E-state index contributed by atoms with van der Waals surface area (Å²) in [5.74, 6) is 0.890. The van der Waals surface area contributed by atoms with E-state index in [-0.39, 0.29) is 16.2 Å². The van der Waals surface area contributed by atoms with Gasteiger partial charge in [-0.15, -0.1) is 0 Å². The summed E-state index contributed by atoms with van der Waals surface area (Å²) >= 11 is 0. The number of ketones is 1. The largest absolute Gasteiger partial charge is 0.294 e. The molecule has 0 aromatic heterocycles. The molecule has 2 unspecified atom stereocenters. The van der Waals surface area contributed by atoms with Crippen LogP contribution in [0.2, 0.25) is 0 Å². The molecule has 2 aliphatic rings. The van der Waals surface area contributed by atoms with Gasteiger partial charge in [0.25, 0.3) is 0 Å². The molecule has 0 aromatic carbocycles. The maximum Gasteiger partial charge on any atom is 0.165 e. The summed E-state index contributed by atoms with van der Waals surface area (Å²) in [5.41, 5.74) is 0.718. The van der Waals surface area contributed by atoms with Crippen LogP contribution in [-0.4, -0.2) is 5.78 Å². The summed E-state index contributed by atoms with van der Waals surface area (Å²) in [4.78, 5) is 12.6. The van der Waals surface area contributed by atoms with E-state index in [9.17, 15) is 4.79 Å². The fourth-order valence-electron chi connectivity index (χ4n) is 4.52. The Balaban J connectivity index is 2.60. The first-order valence-corrected chi connectivity index (χ1v) is 6.94. The predicted molar refractivity (Wildman–Crippen MR) is 71.8 cm³/mol. The molecule has 2 fully saturated rings. The SMILES string of the molecule is C=C1C(=O)C(C)(C)C(C)(C)C12CCCCC2C. The average Bonchev–Trinajstić information content (AvgIpc) is 2.35. The molecule has 1 nitrogen and oxygen atoms in total. The zero-order valence-electron chi connectivity index (χ0n) is 12.0. The van der Waals surface area contributed by atoms with E-state index in [0.717, 1.165) is 12.0 Å². The number of hydrogen-bond donors (Lipinski definition) is 0. The Hall–Kier alpha value is -0.590. The summed E-state index contributed by atoms with van der Waals surface area (Å²) in [6.07, 6.45) is 4.94. The number of Topliss-reactive ketones (excluding diaryl/α,β-unsaturated/α-hetero) is 1. The number of carbonyl (C=O) groups is 1. The van der Waals surface area contributed by atoms with Crippen molar-refractivity contribution in [3.63, 3.8) is 0 Å². The fraction of sp³-hybridized carbons (Fsp3) is 0.812. The van der Waals surface area contributed by atoms with Crippen LogP contribution in [0.15, 0.2) is 12.2 Å². The van der Waals surface area contributed by atoms with E-state index >= 15 is 0 Å². The fourth-order valence-corrected chi connectivity index (χ4v) is 4.52. The molecule has 0 amide bonds. The van der Waals surface area contributed by atoms with Crippen molar-refractivity contribution in [2.75, 3.05) is 0 Å². The van der Waals surface area contributed by atoms with Gasteiger partial charge in [-0.1, -0.05) is 54.0 Å². The molecule has 17 heavy (non-hydrogen) atoms. The number of hydrogen-bond acceptors (Lipinski definition) is 1. The van der Waals surface area contributed by atoms with Crippen LogP contribution in [0.4, 0.5) is 0 Å². The van der Waals surface area contributed by atoms with E-state index in [1.54, 1.807) is 0 Å². The van der Waals surface area contributed by atoms with Gasteiger partial charge in [0.2, 0.25) is 0 Å². The third kappa shape index (κ3) is 1.23. The van der Waals surface area contributed by atoms with Gasteiger partial charge in [0.15, 0.2) is 5.78 Å². The van der Waals surface area contributed by atoms with Gasteiger partial charge in [-0.25, -0.2) is 0 Å². The molecule has 2 atom stereocenters. The molecule has 2 rings (SSSR count). The van der Waals surface area contributed by atoms with E-state index in [0.29, 0.717) is 11.7 Å². The molecule has 0 aliphatic heterocycles. The minimum absolute atomic E-state index is 0.0218. The van der Waals surface area contributed by atoms with Crippen molar-refractivity contribution in [1.29, 1.82) is 0 Å². The second-order valence-electron chi connectivity index (χ2n) is 7.18. The van der Waals surface area contributed by atoms with Crippen molar-refractivity contribution in [1.82, 2.24) is 0 Å². The first-order chi connectivity index (χ1) is 7.69. The highest BCUT2D eigenvalue weighted by Crippen LogP contribution is 2.69. The Morgan fingerprint density at radius 2 is 1.76 bits per heavy atom. The van der Waals surface area contributed by atoms with Gasteiger partial charge in [0.05, 0.1) is 0 Å². The molecule has 1 heteroatoms. The van der Waals surface area contributed by atoms with E-state index in [4.69, 9.17) is 0 Å². The molecule has 0 N–H and O–H groups in total. The Morgan fingerprint density at radius 1 is 1.18 bits per heavy atom. The number of carbonyl (C=O) groups excluding carboxylic acids is 1. The lowest BCUT2D eigenvalue weighted by molar-refractivity contribution is -0.126. The van der Waals surface area contributed by atoms with Crippen LogP contribution < -0.4 is 0 Å². The Labute approximate surface area is 106 Å². The highest BCUT2D eigenvalue weighted by molar-refractivity contribution is 6.04. The van der Waals surface area contributed by atoms with Crippen LogP contribution in [0.25, 0.3) is 0 Å². The number of rotatable bonds is 0. The van der Waals surface area contributed by atoms with E-state index in [1.165, 1.54) is 19.3 Å². The first kappa shape index (κ1) is 12.9. The first-order valence-electron chi connectivity index (χ1n) is 6.94. The van der Waals surface area contributed by atoms with Gasteiger partial charge in [-0.05, 0) is 29.7 Å². The average molecular weight is 234 g/mol. The van der Waals surface area contributed by atoms with Crippen LogP contribution >= 0.6 is 0 Å². The highest BCUT2D eigenvalue weighted by Gasteiger charge is 2.66. The van der Waals surface area contributed by atoms with Crippen molar-refractivity contribution in [2.24, 2.45) is 22.2 Å². The topological polar surface area (TPSA) is 17.1 Å². The number of allylic oxidation sites excluding steroid dienone is 1. The summed E-state index contributed by atoms with van der Waals surface area (Å²) in [6.45, 7) is 15.3. The predicted octanol–water partition coefficient (Wildman–Crippen LogP) is 4.37. The Kier molecular flexibility index (Phi) is 2.62. The zero-order chi connectivity index (χ0) is 13.1. The molecule has 0 saturated heterocycles. The molecule has 0 aromatic rings. The molecular formula is C16H26O. The van der Waals surface area contributed by atoms with Crippen LogP contribution in [0, 0.1) is 22.2 Å². The molecule has 0 radical (unpaired) electrons. The highest BCUT2D eigenvalue weighted by atomic mass is 16.1. The third-order valence-electron chi connectivity index (χ3n) is 6.36. The lowest BCUT2D eigenvalue weighted by Crippen LogP contribution is -2.46. The summed E-state index contributed by atoms with van der Waals surface area (Å²) in [7, 11) is 0. The van der Waals surface area contributed by atoms with Crippen molar-refractivity contribution in [3.05, 3.63) is 12.2 Å². The Morgan fingerprint density at radius 3 is 2.18 bits per heavy atom. The summed E-state index contributed by atoms with van der Waals surface area (Å²) in [6, 6.07) is 0. The molecule has 96 valence electrons. The molecule has 0 bridgehead atoms. The quantitative estimate of drug-likeness (QED) is 0.569. The standard InChI is InChI=1S/C16H26O/c1-11-9-7-8-10-16(11)12(2)13(17)14(3,4)15(16,5)6/h11H,2,7-10H2,1,3-6H3. The normalized spacial score (nSPS) is 39.9. The van der Waals surface area contributed by atoms with Gasteiger partial charge in [-0.2, -0.15) is 0 Å². The lowest BCUT2D eigenvalue weighted by Gasteiger charge is -2.52. The lowest BCUT2D eigenvalue weighted by atomic mass is 9.51. The van der Waals surface area contributed by atoms with Crippen LogP contribution in [-0.2, 0) is 4.79 Å². The molecule has 2 saturated carbocycles. The summed E-state index contributed by atoms with van der Waals surface area (Å²) in [5, 5.41) is 0. The van der Waals surface area contributed by atoms with Gasteiger partial charge >= 0.3 is 0 Å². The van der Waals surface area contributed by atoms with Crippen molar-refractivity contribution in [2.45, 2.75) is 60.3 Å². The van der Waals surface area contributed by atoms with Gasteiger partial charge in [0.1, 0.15) is 0 Å². The van der Waals surface area contributed by atoms with Crippen molar-refractivity contribution in [3.8, 4) is 0 Å². The second-order valence-corrected chi connectivity index (χ2v) is 7.18. The maximum atomic E-state index is 12.6. The van der Waals surface area contributed by atoms with Crippen LogP contribution in [0.5, 0.6) is 0 Å². The minimum Gasteiger partial charge on any atom is -0.294 e. The maximum absolute atomic E-state index is 12.6. The summed E-state index contributed by atoms with van der Waals surface area (Å²) < 4.78 is 0. The molecular weight excluding hydrogens is 208 g/mol. The van der Waals surface area contributed by atoms with Crippen molar-refractivity contribution >= 4 is 5.78 Å². The van der Waals surface area contributed by atoms with E-state index in [1.807, 2.05) is 0 Å². The molecule has 1 spiro atoms. The van der Waals surface area contributed by atoms with Gasteiger partial charge in [0, 0.05) is 10.8 Å². The second kappa shape index (κ2) is 3.46. The van der Waals surface area contributed by atoms with Crippen molar-refractivity contribution < 1.29 is 4.79 Å². The smallest absolute Gasteiger partial charge is 0.165 e. The third-order valence-corrected chi connectivity index (χ3v) is 6.36. The van der Waals surface area contributed by atoms with Gasteiger partial charge in [-0.3, -0.25) is 4.79 Å². The van der Waals surface area contributed by atoms with E-state index < -0.39 is 0 Å². The molecule has 0 heterocycles. The van der Waals surface area contributed by atoms with Crippen LogP contribution in [0.3, 0.4) is 0 Å².